The Kier molecular flexibility index (Phi) is 16.7. The first kappa shape index (κ1) is 30.4. The molecule has 0 aromatic heterocycles. The third kappa shape index (κ3) is 12.2. The van der Waals surface area contributed by atoms with Gasteiger partial charge in [0.1, 0.15) is 0 Å². The fourth-order valence-electron chi connectivity index (χ4n) is 5.25. The largest absolute Gasteiger partial charge is 0.481 e. The van der Waals surface area contributed by atoms with Gasteiger partial charge in [-0.05, 0) is 88.2 Å². The minimum Gasteiger partial charge on any atom is -0.481 e. The molecule has 0 bridgehead atoms. The van der Waals surface area contributed by atoms with E-state index in [0.29, 0.717) is 12.5 Å². The summed E-state index contributed by atoms with van der Waals surface area (Å²) in [4.78, 5) is 12.2. The van der Waals surface area contributed by atoms with Crippen molar-refractivity contribution >= 4 is 5.97 Å². The molecule has 0 fully saturated rings. The SMILES string of the molecule is CCCCCCC=CCC(CC)CCC(CCN)C(CCc1ccccc1)C(C(=O)O)C(C)O. The Morgan fingerprint density at radius 1 is 1.00 bits per heavy atom. The van der Waals surface area contributed by atoms with Gasteiger partial charge in [-0.2, -0.15) is 0 Å². The summed E-state index contributed by atoms with van der Waals surface area (Å²) in [7, 11) is 0. The van der Waals surface area contributed by atoms with E-state index in [9.17, 15) is 15.0 Å². The number of hydrogen-bond acceptors (Lipinski definition) is 3. The van der Waals surface area contributed by atoms with Crippen LogP contribution in [-0.2, 0) is 11.2 Å². The summed E-state index contributed by atoms with van der Waals surface area (Å²) in [6.45, 7) is 6.66. The van der Waals surface area contributed by atoms with E-state index < -0.39 is 18.0 Å². The Hall–Kier alpha value is -1.65. The lowest BCUT2D eigenvalue weighted by Gasteiger charge is -2.34. The topological polar surface area (TPSA) is 83.6 Å². The van der Waals surface area contributed by atoms with Crippen LogP contribution in [0.3, 0.4) is 0 Å². The van der Waals surface area contributed by atoms with E-state index in [1.54, 1.807) is 6.92 Å². The van der Waals surface area contributed by atoms with E-state index in [1.165, 1.54) is 37.7 Å². The number of aliphatic hydroxyl groups is 1. The van der Waals surface area contributed by atoms with Gasteiger partial charge in [0.25, 0.3) is 0 Å². The summed E-state index contributed by atoms with van der Waals surface area (Å²) in [6.07, 6.45) is 16.8. The van der Waals surface area contributed by atoms with Gasteiger partial charge in [-0.3, -0.25) is 4.79 Å². The van der Waals surface area contributed by atoms with Crippen LogP contribution in [0, 0.1) is 23.7 Å². The Labute approximate surface area is 209 Å². The Morgan fingerprint density at radius 3 is 2.32 bits per heavy atom. The van der Waals surface area contributed by atoms with Crippen LogP contribution in [0.15, 0.2) is 42.5 Å². The van der Waals surface area contributed by atoms with Gasteiger partial charge in [0.05, 0.1) is 12.0 Å². The zero-order valence-corrected chi connectivity index (χ0v) is 22.0. The Morgan fingerprint density at radius 2 is 1.74 bits per heavy atom. The number of rotatable bonds is 20. The molecule has 5 atom stereocenters. The maximum Gasteiger partial charge on any atom is 0.309 e. The first-order valence-corrected chi connectivity index (χ1v) is 13.7. The minimum absolute atomic E-state index is 0.0899. The number of benzene rings is 1. The van der Waals surface area contributed by atoms with Crippen molar-refractivity contribution in [3.05, 3.63) is 48.0 Å². The molecule has 0 saturated heterocycles. The van der Waals surface area contributed by atoms with E-state index in [-0.39, 0.29) is 11.8 Å². The van der Waals surface area contributed by atoms with Crippen molar-refractivity contribution < 1.29 is 15.0 Å². The smallest absolute Gasteiger partial charge is 0.309 e. The number of nitrogens with two attached hydrogens (primary N) is 1. The molecular weight excluding hydrogens is 422 g/mol. The van der Waals surface area contributed by atoms with Crippen LogP contribution in [0.2, 0.25) is 0 Å². The van der Waals surface area contributed by atoms with Gasteiger partial charge in [-0.15, -0.1) is 0 Å². The van der Waals surface area contributed by atoms with E-state index >= 15 is 0 Å². The molecule has 4 heteroatoms. The number of aryl methyl sites for hydroxylation is 1. The number of carbonyl (C=O) groups is 1. The summed E-state index contributed by atoms with van der Waals surface area (Å²) >= 11 is 0. The Bertz CT molecular complexity index is 658. The molecule has 0 radical (unpaired) electrons. The maximum absolute atomic E-state index is 12.2. The van der Waals surface area contributed by atoms with Gasteiger partial charge in [0.2, 0.25) is 0 Å². The number of carboxylic acid groups (broad SMARTS) is 1. The molecule has 34 heavy (non-hydrogen) atoms. The van der Waals surface area contributed by atoms with Crippen molar-refractivity contribution in [3.63, 3.8) is 0 Å². The van der Waals surface area contributed by atoms with Crippen molar-refractivity contribution in [2.75, 3.05) is 6.54 Å². The lowest BCUT2D eigenvalue weighted by molar-refractivity contribution is -0.149. The number of unbranched alkanes of at least 4 members (excludes halogenated alkanes) is 4. The predicted octanol–water partition coefficient (Wildman–Crippen LogP) is 7.01. The minimum atomic E-state index is -0.895. The highest BCUT2D eigenvalue weighted by molar-refractivity contribution is 5.71. The zero-order chi connectivity index (χ0) is 25.2. The lowest BCUT2D eigenvalue weighted by atomic mass is 9.72. The van der Waals surface area contributed by atoms with E-state index in [0.717, 1.165) is 44.9 Å². The molecule has 0 aliphatic heterocycles. The molecule has 1 rings (SSSR count). The summed E-state index contributed by atoms with van der Waals surface area (Å²) in [5, 5.41) is 20.4. The van der Waals surface area contributed by atoms with Crippen molar-refractivity contribution in [3.8, 4) is 0 Å². The molecule has 5 unspecified atom stereocenters. The number of aliphatic carboxylic acids is 1. The van der Waals surface area contributed by atoms with Gasteiger partial charge in [0.15, 0.2) is 0 Å². The summed E-state index contributed by atoms with van der Waals surface area (Å²) in [6, 6.07) is 10.2. The van der Waals surface area contributed by atoms with Gasteiger partial charge in [-0.1, -0.05) is 82.0 Å². The first-order chi connectivity index (χ1) is 16.4. The van der Waals surface area contributed by atoms with E-state index in [2.05, 4.69) is 38.1 Å². The third-order valence-electron chi connectivity index (χ3n) is 7.40. The monoisotopic (exact) mass is 473 g/mol. The van der Waals surface area contributed by atoms with Crippen molar-refractivity contribution in [2.24, 2.45) is 29.4 Å². The fraction of sp³-hybridized carbons (Fsp3) is 0.700. The van der Waals surface area contributed by atoms with Crippen LogP contribution in [0.1, 0.15) is 97.0 Å². The maximum atomic E-state index is 12.2. The van der Waals surface area contributed by atoms with Crippen molar-refractivity contribution in [2.45, 2.75) is 104 Å². The van der Waals surface area contributed by atoms with Crippen molar-refractivity contribution in [1.82, 2.24) is 0 Å². The average Bonchev–Trinajstić information content (AvgIpc) is 2.82. The second-order valence-electron chi connectivity index (χ2n) is 10.0. The lowest BCUT2D eigenvalue weighted by Crippen LogP contribution is -2.38. The van der Waals surface area contributed by atoms with Crippen LogP contribution in [0.4, 0.5) is 0 Å². The highest BCUT2D eigenvalue weighted by atomic mass is 16.4. The number of aliphatic hydroxyl groups excluding tert-OH is 1. The van der Waals surface area contributed by atoms with E-state index in [1.807, 2.05) is 18.2 Å². The number of carboxylic acids is 1. The van der Waals surface area contributed by atoms with Crippen LogP contribution >= 0.6 is 0 Å². The number of allylic oxidation sites excluding steroid dienone is 2. The molecular formula is C30H51NO3. The molecule has 0 aliphatic rings. The van der Waals surface area contributed by atoms with Gasteiger partial charge < -0.3 is 15.9 Å². The van der Waals surface area contributed by atoms with Gasteiger partial charge in [-0.25, -0.2) is 0 Å². The molecule has 0 spiro atoms. The second kappa shape index (κ2) is 18.6. The molecule has 0 heterocycles. The normalized spacial score (nSPS) is 16.3. The van der Waals surface area contributed by atoms with Crippen LogP contribution in [0.5, 0.6) is 0 Å². The molecule has 4 nitrogen and oxygen atoms in total. The summed E-state index contributed by atoms with van der Waals surface area (Å²) in [5.74, 6) is -0.933. The highest BCUT2D eigenvalue weighted by Crippen LogP contribution is 2.35. The first-order valence-electron chi connectivity index (χ1n) is 13.7. The third-order valence-corrected chi connectivity index (χ3v) is 7.40. The van der Waals surface area contributed by atoms with Crippen LogP contribution in [0.25, 0.3) is 0 Å². The van der Waals surface area contributed by atoms with E-state index in [4.69, 9.17) is 5.73 Å². The van der Waals surface area contributed by atoms with Crippen molar-refractivity contribution in [1.29, 1.82) is 0 Å². The standard InChI is InChI=1S/C30H51NO3/c1-4-6-7-8-9-10-12-15-25(5-2)18-20-27(22-23-31)28(29(24(3)32)30(33)34)21-19-26-16-13-11-14-17-26/h10-14,16-17,24-25,27-29,32H,4-9,15,18-23,31H2,1-3H3,(H,33,34). The molecule has 0 amide bonds. The number of hydrogen-bond donors (Lipinski definition) is 3. The second-order valence-corrected chi connectivity index (χ2v) is 10.0. The highest BCUT2D eigenvalue weighted by Gasteiger charge is 2.36. The van der Waals surface area contributed by atoms with Gasteiger partial charge >= 0.3 is 5.97 Å². The fourth-order valence-corrected chi connectivity index (χ4v) is 5.25. The summed E-state index contributed by atoms with van der Waals surface area (Å²) in [5.41, 5.74) is 7.21. The molecule has 0 aliphatic carbocycles. The average molecular weight is 474 g/mol. The molecule has 1 aromatic rings. The van der Waals surface area contributed by atoms with Crippen LogP contribution < -0.4 is 5.73 Å². The quantitative estimate of drug-likeness (QED) is 0.140. The van der Waals surface area contributed by atoms with Crippen LogP contribution in [-0.4, -0.2) is 28.8 Å². The predicted molar refractivity (Wildman–Crippen MR) is 144 cm³/mol. The summed E-state index contributed by atoms with van der Waals surface area (Å²) < 4.78 is 0. The molecule has 0 saturated carbocycles. The Balaban J connectivity index is 2.82. The molecule has 194 valence electrons. The zero-order valence-electron chi connectivity index (χ0n) is 22.0. The molecule has 1 aromatic carbocycles. The van der Waals surface area contributed by atoms with Gasteiger partial charge in [0, 0.05) is 0 Å². The molecule has 4 N–H and O–H groups in total.